The second-order valence-corrected chi connectivity index (χ2v) is 7.13. The van der Waals surface area contributed by atoms with Crippen LogP contribution in [0, 0.1) is 12.8 Å². The van der Waals surface area contributed by atoms with E-state index in [4.69, 9.17) is 0 Å². The SMILES string of the molecule is Cc1cccc(CSc2nnc(NCC(C)C)s2)c1. The van der Waals surface area contributed by atoms with Crippen LogP contribution in [0.15, 0.2) is 28.6 Å². The Hall–Kier alpha value is -1.07. The molecule has 1 aromatic heterocycles. The molecule has 0 aliphatic rings. The molecule has 0 bridgehead atoms. The number of hydrogen-bond donors (Lipinski definition) is 1. The Kier molecular flexibility index (Phi) is 5.22. The summed E-state index contributed by atoms with van der Waals surface area (Å²) in [4.78, 5) is 0. The topological polar surface area (TPSA) is 37.8 Å². The zero-order chi connectivity index (χ0) is 13.7. The normalized spacial score (nSPS) is 10.9. The fraction of sp³-hybridized carbons (Fsp3) is 0.429. The predicted molar refractivity (Wildman–Crippen MR) is 84.0 cm³/mol. The maximum absolute atomic E-state index is 4.20. The molecule has 0 amide bonds. The first-order valence-electron chi connectivity index (χ1n) is 6.39. The molecular formula is C14H19N3S2. The van der Waals surface area contributed by atoms with Gasteiger partial charge >= 0.3 is 0 Å². The molecule has 102 valence electrons. The van der Waals surface area contributed by atoms with Crippen molar-refractivity contribution >= 4 is 28.2 Å². The van der Waals surface area contributed by atoms with Gasteiger partial charge in [-0.2, -0.15) is 0 Å². The monoisotopic (exact) mass is 293 g/mol. The van der Waals surface area contributed by atoms with Crippen molar-refractivity contribution < 1.29 is 0 Å². The van der Waals surface area contributed by atoms with E-state index in [1.807, 2.05) is 0 Å². The third kappa shape index (κ3) is 4.84. The van der Waals surface area contributed by atoms with Crippen molar-refractivity contribution in [3.63, 3.8) is 0 Å². The lowest BCUT2D eigenvalue weighted by Gasteiger charge is -2.03. The summed E-state index contributed by atoms with van der Waals surface area (Å²) in [6.45, 7) is 7.42. The van der Waals surface area contributed by atoms with Gasteiger partial charge in [0.05, 0.1) is 0 Å². The lowest BCUT2D eigenvalue weighted by molar-refractivity contribution is 0.687. The molecule has 3 nitrogen and oxygen atoms in total. The molecule has 1 heterocycles. The molecule has 0 saturated heterocycles. The lowest BCUT2D eigenvalue weighted by atomic mass is 10.2. The molecule has 0 aliphatic heterocycles. The Morgan fingerprint density at radius 2 is 2.16 bits per heavy atom. The molecule has 0 aliphatic carbocycles. The van der Waals surface area contributed by atoms with E-state index < -0.39 is 0 Å². The zero-order valence-electron chi connectivity index (χ0n) is 11.5. The number of nitrogens with zero attached hydrogens (tertiary/aromatic N) is 2. The van der Waals surface area contributed by atoms with Gasteiger partial charge in [0.15, 0.2) is 4.34 Å². The molecule has 0 saturated carbocycles. The molecular weight excluding hydrogens is 274 g/mol. The van der Waals surface area contributed by atoms with Crippen molar-refractivity contribution in [2.75, 3.05) is 11.9 Å². The molecule has 2 aromatic rings. The van der Waals surface area contributed by atoms with E-state index in [1.165, 1.54) is 11.1 Å². The van der Waals surface area contributed by atoms with Crippen LogP contribution < -0.4 is 5.32 Å². The Labute approximate surface area is 122 Å². The van der Waals surface area contributed by atoms with Crippen LogP contribution in [-0.4, -0.2) is 16.7 Å². The van der Waals surface area contributed by atoms with Crippen molar-refractivity contribution in [2.24, 2.45) is 5.92 Å². The summed E-state index contributed by atoms with van der Waals surface area (Å²) in [6, 6.07) is 8.58. The molecule has 2 rings (SSSR count). The highest BCUT2D eigenvalue weighted by molar-refractivity contribution is 8.00. The molecule has 19 heavy (non-hydrogen) atoms. The van der Waals surface area contributed by atoms with Crippen LogP contribution in [0.5, 0.6) is 0 Å². The standard InChI is InChI=1S/C14H19N3S2/c1-10(2)8-15-13-16-17-14(19-13)18-9-12-6-4-5-11(3)7-12/h4-7,10H,8-9H2,1-3H3,(H,15,16). The van der Waals surface area contributed by atoms with Gasteiger partial charge in [-0.1, -0.05) is 66.8 Å². The number of nitrogens with one attached hydrogen (secondary N) is 1. The summed E-state index contributed by atoms with van der Waals surface area (Å²) in [5.74, 6) is 1.56. The highest BCUT2D eigenvalue weighted by Gasteiger charge is 2.05. The maximum Gasteiger partial charge on any atom is 0.206 e. The van der Waals surface area contributed by atoms with Crippen molar-refractivity contribution in [3.05, 3.63) is 35.4 Å². The van der Waals surface area contributed by atoms with E-state index in [-0.39, 0.29) is 0 Å². The molecule has 0 radical (unpaired) electrons. The fourth-order valence-corrected chi connectivity index (χ4v) is 3.28. The van der Waals surface area contributed by atoms with E-state index >= 15 is 0 Å². The number of hydrogen-bond acceptors (Lipinski definition) is 5. The van der Waals surface area contributed by atoms with E-state index in [9.17, 15) is 0 Å². The third-order valence-electron chi connectivity index (χ3n) is 2.51. The lowest BCUT2D eigenvalue weighted by Crippen LogP contribution is -2.07. The van der Waals surface area contributed by atoms with Crippen LogP contribution in [0.25, 0.3) is 0 Å². The van der Waals surface area contributed by atoms with Crippen LogP contribution >= 0.6 is 23.1 Å². The Morgan fingerprint density at radius 1 is 1.32 bits per heavy atom. The summed E-state index contributed by atoms with van der Waals surface area (Å²) in [6.07, 6.45) is 0. The van der Waals surface area contributed by atoms with Crippen LogP contribution in [0.4, 0.5) is 5.13 Å². The molecule has 5 heteroatoms. The molecule has 1 aromatic carbocycles. The van der Waals surface area contributed by atoms with Gasteiger partial charge in [0.1, 0.15) is 0 Å². The van der Waals surface area contributed by atoms with Crippen LogP contribution in [0.1, 0.15) is 25.0 Å². The van der Waals surface area contributed by atoms with Gasteiger partial charge in [0.2, 0.25) is 5.13 Å². The van der Waals surface area contributed by atoms with Gasteiger partial charge in [0.25, 0.3) is 0 Å². The highest BCUT2D eigenvalue weighted by atomic mass is 32.2. The van der Waals surface area contributed by atoms with Gasteiger partial charge in [-0.25, -0.2) is 0 Å². The number of benzene rings is 1. The molecule has 0 atom stereocenters. The van der Waals surface area contributed by atoms with Crippen molar-refractivity contribution in [2.45, 2.75) is 30.9 Å². The minimum atomic E-state index is 0.618. The Bertz CT molecular complexity index is 523. The Morgan fingerprint density at radius 3 is 2.89 bits per heavy atom. The maximum atomic E-state index is 4.20. The fourth-order valence-electron chi connectivity index (χ4n) is 1.58. The number of rotatable bonds is 6. The van der Waals surface area contributed by atoms with Crippen LogP contribution in [-0.2, 0) is 5.75 Å². The zero-order valence-corrected chi connectivity index (χ0v) is 13.1. The molecule has 1 N–H and O–H groups in total. The summed E-state index contributed by atoms with van der Waals surface area (Å²) in [5.41, 5.74) is 2.63. The van der Waals surface area contributed by atoms with Gasteiger partial charge in [-0.3, -0.25) is 0 Å². The van der Waals surface area contributed by atoms with Crippen molar-refractivity contribution in [1.29, 1.82) is 0 Å². The molecule has 0 spiro atoms. The average molecular weight is 293 g/mol. The van der Waals surface area contributed by atoms with E-state index in [0.717, 1.165) is 21.8 Å². The second-order valence-electron chi connectivity index (χ2n) is 4.93. The predicted octanol–water partition coefficient (Wildman–Crippen LogP) is 4.21. The summed E-state index contributed by atoms with van der Waals surface area (Å²) < 4.78 is 1.02. The minimum absolute atomic E-state index is 0.618. The minimum Gasteiger partial charge on any atom is -0.360 e. The van der Waals surface area contributed by atoms with Gasteiger partial charge in [-0.05, 0) is 18.4 Å². The largest absolute Gasteiger partial charge is 0.360 e. The first-order chi connectivity index (χ1) is 9.13. The number of aromatic nitrogens is 2. The average Bonchev–Trinajstić information content (AvgIpc) is 2.82. The molecule has 0 fully saturated rings. The summed E-state index contributed by atoms with van der Waals surface area (Å²) >= 11 is 3.37. The van der Waals surface area contributed by atoms with Gasteiger partial charge in [-0.15, -0.1) is 10.2 Å². The number of thioether (sulfide) groups is 1. The van der Waals surface area contributed by atoms with E-state index in [2.05, 4.69) is 60.6 Å². The van der Waals surface area contributed by atoms with E-state index in [0.29, 0.717) is 5.92 Å². The molecule has 0 unspecified atom stereocenters. The van der Waals surface area contributed by atoms with Crippen molar-refractivity contribution in [1.82, 2.24) is 10.2 Å². The van der Waals surface area contributed by atoms with Crippen molar-refractivity contribution in [3.8, 4) is 0 Å². The van der Waals surface area contributed by atoms with Gasteiger partial charge < -0.3 is 5.32 Å². The number of aryl methyl sites for hydroxylation is 1. The summed E-state index contributed by atoms with van der Waals surface area (Å²) in [5, 5.41) is 12.6. The first kappa shape index (κ1) is 14.3. The van der Waals surface area contributed by atoms with E-state index in [1.54, 1.807) is 23.1 Å². The highest BCUT2D eigenvalue weighted by Crippen LogP contribution is 2.28. The third-order valence-corrected chi connectivity index (χ3v) is 4.60. The Balaban J connectivity index is 1.86. The quantitative estimate of drug-likeness (QED) is 0.810. The van der Waals surface area contributed by atoms with Gasteiger partial charge in [0, 0.05) is 12.3 Å². The van der Waals surface area contributed by atoms with Crippen LogP contribution in [0.3, 0.4) is 0 Å². The summed E-state index contributed by atoms with van der Waals surface area (Å²) in [7, 11) is 0. The second kappa shape index (κ2) is 6.91. The smallest absolute Gasteiger partial charge is 0.206 e. The van der Waals surface area contributed by atoms with Crippen LogP contribution in [0.2, 0.25) is 0 Å². The number of anilines is 1. The first-order valence-corrected chi connectivity index (χ1v) is 8.19.